The third-order valence-corrected chi connectivity index (χ3v) is 5.52. The molecule has 0 fully saturated rings. The van der Waals surface area contributed by atoms with Crippen LogP contribution in [-0.4, -0.2) is 11.9 Å². The minimum atomic E-state index is 0.802. The van der Waals surface area contributed by atoms with Crippen LogP contribution in [0.5, 0.6) is 5.06 Å². The van der Waals surface area contributed by atoms with Gasteiger partial charge in [0, 0.05) is 15.8 Å². The fourth-order valence-corrected chi connectivity index (χ4v) is 4.18. The lowest BCUT2D eigenvalue weighted by Gasteiger charge is -2.01. The molecule has 0 saturated carbocycles. The standard InChI is InChI=1S/C12H12Br2OS2/c13-6-1-2-7-15-11-4-3-10(17-11)9-5-8-16-12(9)14/h3-5,8H,1-2,6-7H2. The minimum absolute atomic E-state index is 0.802. The van der Waals surface area contributed by atoms with Crippen molar-refractivity contribution in [3.8, 4) is 15.5 Å². The average molecular weight is 396 g/mol. The molecule has 0 amide bonds. The summed E-state index contributed by atoms with van der Waals surface area (Å²) in [5, 5.41) is 4.15. The zero-order chi connectivity index (χ0) is 12.1. The number of thiophene rings is 2. The van der Waals surface area contributed by atoms with Gasteiger partial charge in [0.15, 0.2) is 5.06 Å². The van der Waals surface area contributed by atoms with Gasteiger partial charge in [0.05, 0.1) is 10.4 Å². The molecular weight excluding hydrogens is 384 g/mol. The molecule has 0 radical (unpaired) electrons. The van der Waals surface area contributed by atoms with E-state index in [9.17, 15) is 0 Å². The summed E-state index contributed by atoms with van der Waals surface area (Å²) < 4.78 is 6.90. The van der Waals surface area contributed by atoms with Crippen LogP contribution in [0.1, 0.15) is 12.8 Å². The Morgan fingerprint density at radius 2 is 2.06 bits per heavy atom. The largest absolute Gasteiger partial charge is 0.484 e. The molecule has 0 atom stereocenters. The van der Waals surface area contributed by atoms with Gasteiger partial charge >= 0.3 is 0 Å². The molecule has 0 bridgehead atoms. The SMILES string of the molecule is BrCCCCOc1ccc(-c2ccsc2Br)s1. The smallest absolute Gasteiger partial charge is 0.174 e. The average Bonchev–Trinajstić information content (AvgIpc) is 2.93. The summed E-state index contributed by atoms with van der Waals surface area (Å²) in [7, 11) is 0. The molecule has 1 nitrogen and oxygen atoms in total. The molecule has 2 aromatic heterocycles. The highest BCUT2D eigenvalue weighted by Gasteiger charge is 2.07. The molecule has 0 aliphatic heterocycles. The van der Waals surface area contributed by atoms with Crippen molar-refractivity contribution in [1.82, 2.24) is 0 Å². The predicted molar refractivity (Wildman–Crippen MR) is 83.9 cm³/mol. The van der Waals surface area contributed by atoms with Crippen molar-refractivity contribution in [2.24, 2.45) is 0 Å². The van der Waals surface area contributed by atoms with E-state index in [1.807, 2.05) is 0 Å². The molecule has 0 N–H and O–H groups in total. The minimum Gasteiger partial charge on any atom is -0.484 e. The van der Waals surface area contributed by atoms with Crippen LogP contribution in [-0.2, 0) is 0 Å². The number of hydrogen-bond acceptors (Lipinski definition) is 3. The maximum absolute atomic E-state index is 5.71. The third-order valence-electron chi connectivity index (χ3n) is 2.24. The first-order valence-electron chi connectivity index (χ1n) is 5.33. The fourth-order valence-electron chi connectivity index (χ4n) is 1.38. The molecule has 0 unspecified atom stereocenters. The van der Waals surface area contributed by atoms with E-state index < -0.39 is 0 Å². The van der Waals surface area contributed by atoms with Gasteiger partial charge in [0.25, 0.3) is 0 Å². The summed E-state index contributed by atoms with van der Waals surface area (Å²) in [5.74, 6) is 0. The van der Waals surface area contributed by atoms with Gasteiger partial charge < -0.3 is 4.74 Å². The number of hydrogen-bond donors (Lipinski definition) is 0. The summed E-state index contributed by atoms with van der Waals surface area (Å²) >= 11 is 10.4. The van der Waals surface area contributed by atoms with Gasteiger partial charge in [0.2, 0.25) is 0 Å². The maximum Gasteiger partial charge on any atom is 0.174 e. The highest BCUT2D eigenvalue weighted by molar-refractivity contribution is 9.11. The van der Waals surface area contributed by atoms with Crippen LogP contribution in [0.4, 0.5) is 0 Å². The van der Waals surface area contributed by atoms with Crippen molar-refractivity contribution in [2.45, 2.75) is 12.8 Å². The Bertz CT molecular complexity index is 465. The lowest BCUT2D eigenvalue weighted by Crippen LogP contribution is -1.95. The number of unbranched alkanes of at least 4 members (excludes halogenated alkanes) is 1. The second kappa shape index (κ2) is 6.92. The Kier molecular flexibility index (Phi) is 5.53. The molecule has 17 heavy (non-hydrogen) atoms. The number of ether oxygens (including phenoxy) is 1. The zero-order valence-corrected chi connectivity index (χ0v) is 13.9. The van der Waals surface area contributed by atoms with E-state index in [4.69, 9.17) is 4.74 Å². The number of rotatable bonds is 6. The molecule has 2 rings (SSSR count). The lowest BCUT2D eigenvalue weighted by atomic mass is 10.3. The molecule has 0 spiro atoms. The second-order valence-corrected chi connectivity index (χ2v) is 7.54. The summed E-state index contributed by atoms with van der Waals surface area (Å²) in [6, 6.07) is 6.31. The normalized spacial score (nSPS) is 10.7. The van der Waals surface area contributed by atoms with Crippen LogP contribution < -0.4 is 4.74 Å². The Morgan fingerprint density at radius 3 is 2.76 bits per heavy atom. The van der Waals surface area contributed by atoms with Crippen molar-refractivity contribution < 1.29 is 4.74 Å². The van der Waals surface area contributed by atoms with E-state index >= 15 is 0 Å². The van der Waals surface area contributed by atoms with Crippen molar-refractivity contribution >= 4 is 54.5 Å². The molecule has 92 valence electrons. The summed E-state index contributed by atoms with van der Waals surface area (Å²) in [6.07, 6.45) is 2.26. The Morgan fingerprint density at radius 1 is 1.18 bits per heavy atom. The van der Waals surface area contributed by atoms with E-state index in [1.54, 1.807) is 22.7 Å². The molecule has 2 heterocycles. The van der Waals surface area contributed by atoms with Crippen LogP contribution in [0.15, 0.2) is 27.4 Å². The van der Waals surface area contributed by atoms with Crippen LogP contribution in [0, 0.1) is 0 Å². The first-order valence-corrected chi connectivity index (χ1v) is 8.94. The maximum atomic E-state index is 5.71. The Balaban J connectivity index is 1.95. The summed E-state index contributed by atoms with van der Waals surface area (Å²) in [4.78, 5) is 1.26. The second-order valence-electron chi connectivity index (χ2n) is 3.47. The topological polar surface area (TPSA) is 9.23 Å². The van der Waals surface area contributed by atoms with Gasteiger partial charge in [-0.1, -0.05) is 27.3 Å². The predicted octanol–water partition coefficient (Wildman–Crippen LogP) is 5.79. The lowest BCUT2D eigenvalue weighted by molar-refractivity contribution is 0.319. The van der Waals surface area contributed by atoms with Crippen LogP contribution in [0.3, 0.4) is 0 Å². The number of halogens is 2. The van der Waals surface area contributed by atoms with E-state index in [0.29, 0.717) is 0 Å². The molecule has 0 aliphatic rings. The van der Waals surface area contributed by atoms with Crippen LogP contribution in [0.2, 0.25) is 0 Å². The zero-order valence-electron chi connectivity index (χ0n) is 9.12. The Labute approximate surface area is 126 Å². The van der Waals surface area contributed by atoms with E-state index in [2.05, 4.69) is 55.4 Å². The highest BCUT2D eigenvalue weighted by atomic mass is 79.9. The van der Waals surface area contributed by atoms with Crippen molar-refractivity contribution in [2.75, 3.05) is 11.9 Å². The van der Waals surface area contributed by atoms with Gasteiger partial charge in [-0.2, -0.15) is 0 Å². The molecular formula is C12H12Br2OS2. The quantitative estimate of drug-likeness (QED) is 0.444. The fraction of sp³-hybridized carbons (Fsp3) is 0.333. The number of alkyl halides is 1. The Hall–Kier alpha value is 0.160. The molecule has 0 saturated heterocycles. The first kappa shape index (κ1) is 13.6. The van der Waals surface area contributed by atoms with E-state index in [1.165, 1.54) is 14.2 Å². The van der Waals surface area contributed by atoms with Gasteiger partial charge in [-0.15, -0.1) is 11.3 Å². The van der Waals surface area contributed by atoms with Crippen molar-refractivity contribution in [1.29, 1.82) is 0 Å². The van der Waals surface area contributed by atoms with E-state index in [-0.39, 0.29) is 0 Å². The van der Waals surface area contributed by atoms with Gasteiger partial charge in [-0.25, -0.2) is 0 Å². The molecule has 5 heteroatoms. The molecule has 0 aliphatic carbocycles. The first-order chi connectivity index (χ1) is 8.31. The van der Waals surface area contributed by atoms with Crippen molar-refractivity contribution in [3.05, 3.63) is 27.4 Å². The molecule has 0 aromatic carbocycles. The van der Waals surface area contributed by atoms with Gasteiger partial charge in [0.1, 0.15) is 0 Å². The van der Waals surface area contributed by atoms with Gasteiger partial charge in [-0.3, -0.25) is 0 Å². The van der Waals surface area contributed by atoms with Crippen molar-refractivity contribution in [3.63, 3.8) is 0 Å². The highest BCUT2D eigenvalue weighted by Crippen LogP contribution is 2.39. The molecule has 2 aromatic rings. The monoisotopic (exact) mass is 394 g/mol. The summed E-state index contributed by atoms with van der Waals surface area (Å²) in [6.45, 7) is 0.802. The van der Waals surface area contributed by atoms with Gasteiger partial charge in [-0.05, 0) is 52.4 Å². The van der Waals surface area contributed by atoms with E-state index in [0.717, 1.165) is 29.8 Å². The van der Waals surface area contributed by atoms with Crippen LogP contribution >= 0.6 is 54.5 Å². The summed E-state index contributed by atoms with van der Waals surface area (Å²) in [5.41, 5.74) is 1.26. The third kappa shape index (κ3) is 3.81. The van der Waals surface area contributed by atoms with Crippen LogP contribution in [0.25, 0.3) is 10.4 Å².